The van der Waals surface area contributed by atoms with Gasteiger partial charge in [-0.1, -0.05) is 37.3 Å². The predicted octanol–water partition coefficient (Wildman–Crippen LogP) is 3.92. The van der Waals surface area contributed by atoms with Gasteiger partial charge in [0.15, 0.2) is 0 Å². The molecular weight excluding hydrogens is 219 g/mol. The Hall–Kier alpha value is -0.430. The first-order valence-corrected chi connectivity index (χ1v) is 6.64. The maximum Gasteiger partial charge on any atom is 0.634 e. The zero-order chi connectivity index (χ0) is 10.4. The van der Waals surface area contributed by atoms with Gasteiger partial charge in [-0.25, -0.2) is 0 Å². The van der Waals surface area contributed by atoms with Gasteiger partial charge in [-0.3, -0.25) is 0 Å². The van der Waals surface area contributed by atoms with E-state index in [4.69, 9.17) is 15.8 Å². The van der Waals surface area contributed by atoms with Gasteiger partial charge in [0.1, 0.15) is 6.10 Å². The minimum atomic E-state index is -2.02. The predicted molar refractivity (Wildman–Crippen MR) is 58.8 cm³/mol. The fraction of sp³-hybridized carbons (Fsp3) is 0.400. The van der Waals surface area contributed by atoms with E-state index < -0.39 is 7.38 Å². The van der Waals surface area contributed by atoms with E-state index in [0.717, 1.165) is 12.8 Å². The Labute approximate surface area is 89.9 Å². The van der Waals surface area contributed by atoms with E-state index in [0.29, 0.717) is 0 Å². The SMILES string of the molecule is CCC(Cc1ccccc1)O[P+](=O)Cl. The molecule has 0 aliphatic heterocycles. The van der Waals surface area contributed by atoms with Crippen LogP contribution in [0.5, 0.6) is 0 Å². The first kappa shape index (κ1) is 11.6. The number of hydrogen-bond acceptors (Lipinski definition) is 2. The number of halogens is 1. The largest absolute Gasteiger partial charge is 0.634 e. The Bertz CT molecular complexity index is 289. The molecule has 1 aromatic rings. The Balaban J connectivity index is 2.53. The molecule has 4 heteroatoms. The standard InChI is InChI=1S/C10H13ClO2P/c1-2-10(13-14(11)12)8-9-6-4-3-5-7-9/h3-7,10H,2,8H2,1H3/q+1. The molecule has 0 radical (unpaired) electrons. The Morgan fingerprint density at radius 3 is 2.57 bits per heavy atom. The molecular formula is C10H13ClO2P+. The third-order valence-electron chi connectivity index (χ3n) is 1.99. The first-order chi connectivity index (χ1) is 6.72. The summed E-state index contributed by atoms with van der Waals surface area (Å²) in [6.45, 7) is 1.99. The molecule has 14 heavy (non-hydrogen) atoms. The minimum Gasteiger partial charge on any atom is -0.127 e. The van der Waals surface area contributed by atoms with E-state index in [-0.39, 0.29) is 6.10 Å². The van der Waals surface area contributed by atoms with E-state index in [1.165, 1.54) is 5.56 Å². The van der Waals surface area contributed by atoms with Crippen molar-refractivity contribution in [3.05, 3.63) is 35.9 Å². The molecule has 0 aliphatic carbocycles. The minimum absolute atomic E-state index is 0.0569. The lowest BCUT2D eigenvalue weighted by atomic mass is 10.1. The van der Waals surface area contributed by atoms with Crippen LogP contribution in [0.15, 0.2) is 30.3 Å². The molecule has 2 atom stereocenters. The van der Waals surface area contributed by atoms with E-state index in [1.807, 2.05) is 37.3 Å². The smallest absolute Gasteiger partial charge is 0.127 e. The molecule has 0 N–H and O–H groups in total. The van der Waals surface area contributed by atoms with Crippen LogP contribution < -0.4 is 0 Å². The van der Waals surface area contributed by atoms with Crippen LogP contribution in [-0.4, -0.2) is 6.10 Å². The van der Waals surface area contributed by atoms with Crippen LogP contribution in [0.3, 0.4) is 0 Å². The van der Waals surface area contributed by atoms with Gasteiger partial charge in [0.05, 0.1) is 0 Å². The number of benzene rings is 1. The van der Waals surface area contributed by atoms with E-state index >= 15 is 0 Å². The van der Waals surface area contributed by atoms with Crippen LogP contribution in [0.25, 0.3) is 0 Å². The summed E-state index contributed by atoms with van der Waals surface area (Å²) in [7, 11) is -2.02. The summed E-state index contributed by atoms with van der Waals surface area (Å²) in [6.07, 6.45) is 1.51. The van der Waals surface area contributed by atoms with Crippen molar-refractivity contribution in [2.75, 3.05) is 0 Å². The van der Waals surface area contributed by atoms with Crippen LogP contribution in [0, 0.1) is 0 Å². The highest BCUT2D eigenvalue weighted by Crippen LogP contribution is 2.31. The van der Waals surface area contributed by atoms with Crippen molar-refractivity contribution in [2.24, 2.45) is 0 Å². The summed E-state index contributed by atoms with van der Waals surface area (Å²) in [5, 5.41) is 0. The monoisotopic (exact) mass is 231 g/mol. The average molecular weight is 232 g/mol. The molecule has 0 saturated carbocycles. The van der Waals surface area contributed by atoms with Crippen molar-refractivity contribution >= 4 is 18.6 Å². The average Bonchev–Trinajstić information content (AvgIpc) is 2.17. The maximum atomic E-state index is 10.7. The molecule has 0 fully saturated rings. The molecule has 2 unspecified atom stereocenters. The second kappa shape index (κ2) is 6.13. The Morgan fingerprint density at radius 2 is 2.07 bits per heavy atom. The fourth-order valence-corrected chi connectivity index (χ4v) is 2.05. The van der Waals surface area contributed by atoms with Crippen LogP contribution in [0.1, 0.15) is 18.9 Å². The highest BCUT2D eigenvalue weighted by atomic mass is 35.7. The van der Waals surface area contributed by atoms with Crippen LogP contribution in [-0.2, 0) is 15.5 Å². The Morgan fingerprint density at radius 1 is 1.43 bits per heavy atom. The van der Waals surface area contributed by atoms with Crippen molar-refractivity contribution in [3.8, 4) is 0 Å². The zero-order valence-electron chi connectivity index (χ0n) is 8.02. The van der Waals surface area contributed by atoms with Crippen molar-refractivity contribution in [3.63, 3.8) is 0 Å². The first-order valence-electron chi connectivity index (χ1n) is 4.56. The third kappa shape index (κ3) is 4.19. The molecule has 0 spiro atoms. The zero-order valence-corrected chi connectivity index (χ0v) is 9.67. The molecule has 0 aliphatic rings. The summed E-state index contributed by atoms with van der Waals surface area (Å²) >= 11 is 5.30. The highest BCUT2D eigenvalue weighted by molar-refractivity contribution is 7.69. The molecule has 0 bridgehead atoms. The lowest BCUT2D eigenvalue weighted by molar-refractivity contribution is 0.216. The van der Waals surface area contributed by atoms with E-state index in [2.05, 4.69) is 0 Å². The Kier molecular flexibility index (Phi) is 5.10. The molecule has 1 rings (SSSR count). The molecule has 1 aromatic carbocycles. The quantitative estimate of drug-likeness (QED) is 0.718. The second-order valence-electron chi connectivity index (χ2n) is 3.04. The van der Waals surface area contributed by atoms with Gasteiger partial charge in [-0.05, 0) is 16.5 Å². The highest BCUT2D eigenvalue weighted by Gasteiger charge is 2.21. The lowest BCUT2D eigenvalue weighted by Gasteiger charge is -2.06. The van der Waals surface area contributed by atoms with Gasteiger partial charge in [-0.15, -0.1) is 4.52 Å². The fourth-order valence-electron chi connectivity index (χ4n) is 1.25. The van der Waals surface area contributed by atoms with Gasteiger partial charge in [0.2, 0.25) is 11.2 Å². The van der Waals surface area contributed by atoms with Gasteiger partial charge in [0, 0.05) is 6.42 Å². The summed E-state index contributed by atoms with van der Waals surface area (Å²) in [5.74, 6) is 0. The third-order valence-corrected chi connectivity index (χ3v) is 2.70. The van der Waals surface area contributed by atoms with Crippen molar-refractivity contribution in [1.82, 2.24) is 0 Å². The summed E-state index contributed by atoms with van der Waals surface area (Å²) in [6, 6.07) is 9.96. The van der Waals surface area contributed by atoms with Gasteiger partial charge >= 0.3 is 7.38 Å². The van der Waals surface area contributed by atoms with Crippen LogP contribution in [0.2, 0.25) is 0 Å². The molecule has 0 amide bonds. The lowest BCUT2D eigenvalue weighted by Crippen LogP contribution is -2.10. The van der Waals surface area contributed by atoms with Crippen molar-refractivity contribution in [2.45, 2.75) is 25.9 Å². The summed E-state index contributed by atoms with van der Waals surface area (Å²) < 4.78 is 15.8. The van der Waals surface area contributed by atoms with E-state index in [9.17, 15) is 4.57 Å². The topological polar surface area (TPSA) is 26.3 Å². The van der Waals surface area contributed by atoms with E-state index in [1.54, 1.807) is 0 Å². The number of rotatable bonds is 5. The van der Waals surface area contributed by atoms with Crippen molar-refractivity contribution in [1.29, 1.82) is 0 Å². The molecule has 0 saturated heterocycles. The normalized spacial score (nSPS) is 13.7. The maximum absolute atomic E-state index is 10.7. The molecule has 0 heterocycles. The van der Waals surface area contributed by atoms with Gasteiger partial charge in [-0.2, -0.15) is 0 Å². The summed E-state index contributed by atoms with van der Waals surface area (Å²) in [5.41, 5.74) is 1.17. The van der Waals surface area contributed by atoms with Crippen LogP contribution >= 0.6 is 18.6 Å². The molecule has 0 aromatic heterocycles. The van der Waals surface area contributed by atoms with Gasteiger partial charge < -0.3 is 0 Å². The van der Waals surface area contributed by atoms with Crippen LogP contribution in [0.4, 0.5) is 0 Å². The van der Waals surface area contributed by atoms with Gasteiger partial charge in [0.25, 0.3) is 0 Å². The number of hydrogen-bond donors (Lipinski definition) is 0. The summed E-state index contributed by atoms with van der Waals surface area (Å²) in [4.78, 5) is 0. The molecule has 2 nitrogen and oxygen atoms in total. The molecule has 76 valence electrons. The second-order valence-corrected chi connectivity index (χ2v) is 4.50. The van der Waals surface area contributed by atoms with Crippen molar-refractivity contribution < 1.29 is 9.09 Å².